The molecule has 7 heteroatoms. The SMILES string of the molecule is CC1=C(N(C)S(=O)(=O)c2ccc(Br)cc2)C(C)NN1C. The molecule has 1 aliphatic rings. The Morgan fingerprint density at radius 3 is 2.30 bits per heavy atom. The quantitative estimate of drug-likeness (QED) is 0.898. The Hall–Kier alpha value is -1.05. The van der Waals surface area contributed by atoms with Gasteiger partial charge in [0.1, 0.15) is 0 Å². The van der Waals surface area contributed by atoms with Crippen molar-refractivity contribution in [3.05, 3.63) is 40.1 Å². The van der Waals surface area contributed by atoms with Gasteiger partial charge in [0, 0.05) is 24.3 Å². The molecule has 110 valence electrons. The van der Waals surface area contributed by atoms with E-state index in [2.05, 4.69) is 21.4 Å². The Kier molecular flexibility index (Phi) is 4.13. The van der Waals surface area contributed by atoms with Crippen LogP contribution in [0.3, 0.4) is 0 Å². The maximum absolute atomic E-state index is 12.7. The molecule has 0 saturated heterocycles. The van der Waals surface area contributed by atoms with Gasteiger partial charge in [0.25, 0.3) is 10.0 Å². The lowest BCUT2D eigenvalue weighted by Crippen LogP contribution is -2.36. The number of sulfonamides is 1. The van der Waals surface area contributed by atoms with Crippen LogP contribution in [0.25, 0.3) is 0 Å². The highest BCUT2D eigenvalue weighted by atomic mass is 79.9. The molecular weight excluding hydrogens is 342 g/mol. The maximum atomic E-state index is 12.7. The van der Waals surface area contributed by atoms with Crippen LogP contribution in [0.15, 0.2) is 45.0 Å². The first kappa shape index (κ1) is 15.3. The monoisotopic (exact) mass is 359 g/mol. The standard InChI is InChI=1S/C13H18BrN3O2S/c1-9-13(10(2)16(3)15-9)17(4)20(18,19)12-7-5-11(14)6-8-12/h5-9,15H,1-4H3. The van der Waals surface area contributed by atoms with E-state index in [1.807, 2.05) is 25.9 Å². The molecule has 0 amide bonds. The molecule has 1 heterocycles. The lowest BCUT2D eigenvalue weighted by Gasteiger charge is -2.23. The molecule has 1 atom stereocenters. The molecule has 0 aliphatic carbocycles. The molecule has 0 radical (unpaired) electrons. The van der Waals surface area contributed by atoms with Crippen LogP contribution >= 0.6 is 15.9 Å². The molecule has 0 bridgehead atoms. The van der Waals surface area contributed by atoms with Gasteiger partial charge in [-0.15, -0.1) is 0 Å². The number of nitrogens with zero attached hydrogens (tertiary/aromatic N) is 2. The molecular formula is C13H18BrN3O2S. The van der Waals surface area contributed by atoms with Gasteiger partial charge in [0.05, 0.1) is 16.6 Å². The van der Waals surface area contributed by atoms with E-state index in [-0.39, 0.29) is 10.9 Å². The van der Waals surface area contributed by atoms with Crippen molar-refractivity contribution >= 4 is 26.0 Å². The summed E-state index contributed by atoms with van der Waals surface area (Å²) in [6.45, 7) is 3.84. The summed E-state index contributed by atoms with van der Waals surface area (Å²) >= 11 is 3.31. The van der Waals surface area contributed by atoms with E-state index >= 15 is 0 Å². The Morgan fingerprint density at radius 1 is 1.30 bits per heavy atom. The smallest absolute Gasteiger partial charge is 0.263 e. The number of benzene rings is 1. The first-order valence-electron chi connectivity index (χ1n) is 6.20. The van der Waals surface area contributed by atoms with E-state index in [0.29, 0.717) is 0 Å². The van der Waals surface area contributed by atoms with Gasteiger partial charge in [-0.3, -0.25) is 4.31 Å². The third-order valence-electron chi connectivity index (χ3n) is 3.48. The van der Waals surface area contributed by atoms with Crippen LogP contribution in [0, 0.1) is 0 Å². The molecule has 1 unspecified atom stereocenters. The van der Waals surface area contributed by atoms with Gasteiger partial charge >= 0.3 is 0 Å². The largest absolute Gasteiger partial charge is 0.313 e. The van der Waals surface area contributed by atoms with Crippen LogP contribution in [0.2, 0.25) is 0 Å². The van der Waals surface area contributed by atoms with Crippen molar-refractivity contribution < 1.29 is 8.42 Å². The van der Waals surface area contributed by atoms with Gasteiger partial charge in [-0.1, -0.05) is 15.9 Å². The summed E-state index contributed by atoms with van der Waals surface area (Å²) in [5.74, 6) is 0. The molecule has 0 fully saturated rings. The van der Waals surface area contributed by atoms with Crippen molar-refractivity contribution in [2.24, 2.45) is 0 Å². The fourth-order valence-electron chi connectivity index (χ4n) is 2.33. The number of halogens is 1. The minimum atomic E-state index is -3.54. The third-order valence-corrected chi connectivity index (χ3v) is 5.80. The molecule has 2 rings (SSSR count). The van der Waals surface area contributed by atoms with E-state index in [9.17, 15) is 8.42 Å². The van der Waals surface area contributed by atoms with Crippen LogP contribution in [0.4, 0.5) is 0 Å². The Balaban J connectivity index is 2.42. The highest BCUT2D eigenvalue weighted by Gasteiger charge is 2.32. The van der Waals surface area contributed by atoms with Crippen LogP contribution in [0.1, 0.15) is 13.8 Å². The number of allylic oxidation sites excluding steroid dienone is 1. The van der Waals surface area contributed by atoms with E-state index in [4.69, 9.17) is 0 Å². The van der Waals surface area contributed by atoms with Crippen LogP contribution in [-0.2, 0) is 10.0 Å². The second-order valence-electron chi connectivity index (χ2n) is 4.81. The van der Waals surface area contributed by atoms with Gasteiger partial charge in [0.2, 0.25) is 0 Å². The molecule has 1 aromatic carbocycles. The number of hydrogen-bond donors (Lipinski definition) is 1. The van der Waals surface area contributed by atoms with Gasteiger partial charge in [-0.05, 0) is 38.1 Å². The highest BCUT2D eigenvalue weighted by molar-refractivity contribution is 9.10. The zero-order valence-corrected chi connectivity index (χ0v) is 14.3. The summed E-state index contributed by atoms with van der Waals surface area (Å²) in [4.78, 5) is 0.283. The number of hydrogen-bond acceptors (Lipinski definition) is 4. The molecule has 0 aromatic heterocycles. The second-order valence-corrected chi connectivity index (χ2v) is 7.69. The summed E-state index contributed by atoms with van der Waals surface area (Å²) in [6, 6.07) is 6.61. The lowest BCUT2D eigenvalue weighted by molar-refractivity contribution is 0.313. The minimum absolute atomic E-state index is 0.0461. The molecule has 1 aliphatic heterocycles. The van der Waals surface area contributed by atoms with E-state index in [0.717, 1.165) is 15.9 Å². The first-order valence-corrected chi connectivity index (χ1v) is 8.43. The van der Waals surface area contributed by atoms with E-state index in [1.165, 1.54) is 4.31 Å². The van der Waals surface area contributed by atoms with Crippen molar-refractivity contribution in [1.82, 2.24) is 14.7 Å². The zero-order chi connectivity index (χ0) is 15.1. The average molecular weight is 360 g/mol. The Labute approximate surface area is 128 Å². The third kappa shape index (κ3) is 2.57. The topological polar surface area (TPSA) is 52.7 Å². The minimum Gasteiger partial charge on any atom is -0.313 e. The summed E-state index contributed by atoms with van der Waals surface area (Å²) in [7, 11) is -0.0757. The van der Waals surface area contributed by atoms with Gasteiger partial charge in [-0.2, -0.15) is 0 Å². The highest BCUT2D eigenvalue weighted by Crippen LogP contribution is 2.27. The Bertz CT molecular complexity index is 640. The van der Waals surface area contributed by atoms with Gasteiger partial charge in [0.15, 0.2) is 0 Å². The summed E-state index contributed by atoms with van der Waals surface area (Å²) in [5, 5.41) is 1.84. The number of hydrazine groups is 1. The van der Waals surface area contributed by atoms with Gasteiger partial charge < -0.3 is 5.01 Å². The van der Waals surface area contributed by atoms with Crippen LogP contribution in [0.5, 0.6) is 0 Å². The number of nitrogens with one attached hydrogen (secondary N) is 1. The number of likely N-dealkylation sites (N-methyl/N-ethyl adjacent to an activating group) is 1. The average Bonchev–Trinajstić information content (AvgIpc) is 2.63. The predicted molar refractivity (Wildman–Crippen MR) is 82.2 cm³/mol. The molecule has 1 N–H and O–H groups in total. The second kappa shape index (κ2) is 5.38. The van der Waals surface area contributed by atoms with Crippen molar-refractivity contribution in [3.8, 4) is 0 Å². The van der Waals surface area contributed by atoms with Crippen LogP contribution in [-0.4, -0.2) is 37.9 Å². The van der Waals surface area contributed by atoms with E-state index < -0.39 is 10.0 Å². The van der Waals surface area contributed by atoms with Crippen molar-refractivity contribution in [1.29, 1.82) is 0 Å². The molecule has 0 saturated carbocycles. The fourth-order valence-corrected chi connectivity index (χ4v) is 3.94. The molecule has 0 spiro atoms. The summed E-state index contributed by atoms with van der Waals surface area (Å²) < 4.78 is 27.5. The summed E-state index contributed by atoms with van der Waals surface area (Å²) in [6.07, 6.45) is 0. The van der Waals surface area contributed by atoms with Crippen molar-refractivity contribution in [2.75, 3.05) is 14.1 Å². The number of rotatable bonds is 3. The van der Waals surface area contributed by atoms with Crippen molar-refractivity contribution in [3.63, 3.8) is 0 Å². The Morgan fingerprint density at radius 2 is 1.85 bits per heavy atom. The van der Waals surface area contributed by atoms with Gasteiger partial charge in [-0.25, -0.2) is 13.8 Å². The molecule has 20 heavy (non-hydrogen) atoms. The predicted octanol–water partition coefficient (Wildman–Crippen LogP) is 2.14. The normalized spacial score (nSPS) is 19.6. The zero-order valence-electron chi connectivity index (χ0n) is 11.9. The first-order chi connectivity index (χ1) is 9.25. The van der Waals surface area contributed by atoms with Crippen LogP contribution < -0.4 is 5.43 Å². The van der Waals surface area contributed by atoms with Crippen molar-refractivity contribution in [2.45, 2.75) is 24.8 Å². The molecule has 1 aromatic rings. The molecule has 5 nitrogen and oxygen atoms in total. The lowest BCUT2D eigenvalue weighted by atomic mass is 10.2. The van der Waals surface area contributed by atoms with E-state index in [1.54, 1.807) is 31.3 Å². The maximum Gasteiger partial charge on any atom is 0.263 e. The summed E-state index contributed by atoms with van der Waals surface area (Å²) in [5.41, 5.74) is 4.84. The fraction of sp³-hybridized carbons (Fsp3) is 0.385.